The van der Waals surface area contributed by atoms with Crippen LogP contribution in [0.15, 0.2) is 199 Å². The first-order chi connectivity index (χ1) is 27.7. The summed E-state index contributed by atoms with van der Waals surface area (Å²) in [6, 6.07) is 61.2. The minimum atomic E-state index is 0.167. The molecular formula is C51H34N4O. The Morgan fingerprint density at radius 2 is 1.09 bits per heavy atom. The highest BCUT2D eigenvalue weighted by Crippen LogP contribution is 2.50. The van der Waals surface area contributed by atoms with E-state index < -0.39 is 0 Å². The number of hydrogen-bond donors (Lipinski definition) is 0. The van der Waals surface area contributed by atoms with E-state index in [4.69, 9.17) is 19.4 Å². The highest BCUT2D eigenvalue weighted by Gasteiger charge is 2.38. The van der Waals surface area contributed by atoms with E-state index in [1.54, 1.807) is 0 Å². The number of aromatic nitrogens is 3. The molecule has 0 bridgehead atoms. The fraction of sp³-hybridized carbons (Fsp3) is 0.0392. The minimum Gasteiger partial charge on any atom is -0.456 e. The second kappa shape index (κ2) is 13.2. The van der Waals surface area contributed by atoms with Crippen LogP contribution in [-0.2, 0) is 0 Å². The van der Waals surface area contributed by atoms with Crippen molar-refractivity contribution >= 4 is 38.9 Å². The molecule has 0 saturated carbocycles. The molecule has 5 heteroatoms. The Morgan fingerprint density at radius 1 is 0.482 bits per heavy atom. The minimum absolute atomic E-state index is 0.167. The molecule has 1 aliphatic heterocycles. The lowest BCUT2D eigenvalue weighted by Crippen LogP contribution is -2.28. The number of allylic oxidation sites excluding steroid dienone is 2. The second-order valence-electron chi connectivity index (χ2n) is 14.4. The normalized spacial score (nSPS) is 15.9. The largest absolute Gasteiger partial charge is 0.456 e. The van der Waals surface area contributed by atoms with Crippen LogP contribution in [0.3, 0.4) is 0 Å². The topological polar surface area (TPSA) is 55.1 Å². The van der Waals surface area contributed by atoms with Crippen molar-refractivity contribution in [3.05, 3.63) is 205 Å². The zero-order chi connectivity index (χ0) is 37.0. The maximum absolute atomic E-state index is 6.67. The highest BCUT2D eigenvalue weighted by atomic mass is 16.3. The third kappa shape index (κ3) is 5.44. The maximum Gasteiger partial charge on any atom is 0.164 e. The summed E-state index contributed by atoms with van der Waals surface area (Å²) in [4.78, 5) is 17.3. The molecule has 0 radical (unpaired) electrons. The van der Waals surface area contributed by atoms with Crippen LogP contribution in [0.2, 0.25) is 0 Å². The molecular weight excluding hydrogens is 685 g/mol. The van der Waals surface area contributed by atoms with E-state index in [2.05, 4.69) is 138 Å². The van der Waals surface area contributed by atoms with E-state index in [0.29, 0.717) is 17.5 Å². The fourth-order valence-corrected chi connectivity index (χ4v) is 8.44. The Morgan fingerprint density at radius 3 is 1.82 bits per heavy atom. The summed E-state index contributed by atoms with van der Waals surface area (Å²) in [7, 11) is 0. The third-order valence-electron chi connectivity index (χ3n) is 11.1. The first-order valence-electron chi connectivity index (χ1n) is 19.0. The molecule has 0 N–H and O–H groups in total. The van der Waals surface area contributed by atoms with Crippen molar-refractivity contribution in [2.75, 3.05) is 4.90 Å². The predicted octanol–water partition coefficient (Wildman–Crippen LogP) is 12.7. The zero-order valence-electron chi connectivity index (χ0n) is 30.3. The van der Waals surface area contributed by atoms with Gasteiger partial charge in [0.15, 0.2) is 17.5 Å². The molecule has 5 nitrogen and oxygen atoms in total. The number of fused-ring (bicyclic) bond motifs is 6. The third-order valence-corrected chi connectivity index (χ3v) is 11.1. The first kappa shape index (κ1) is 32.1. The molecule has 2 atom stereocenters. The number of anilines is 2. The molecule has 7 aromatic carbocycles. The van der Waals surface area contributed by atoms with Gasteiger partial charge in [0, 0.05) is 50.8 Å². The summed E-state index contributed by atoms with van der Waals surface area (Å²) in [5, 5.41) is 2.17. The van der Waals surface area contributed by atoms with Gasteiger partial charge in [-0.25, -0.2) is 15.0 Å². The van der Waals surface area contributed by atoms with Crippen LogP contribution >= 0.6 is 0 Å². The lowest BCUT2D eigenvalue weighted by molar-refractivity contribution is 0.668. The quantitative estimate of drug-likeness (QED) is 0.171. The molecule has 3 heterocycles. The van der Waals surface area contributed by atoms with Crippen LogP contribution in [0.5, 0.6) is 0 Å². The summed E-state index contributed by atoms with van der Waals surface area (Å²) >= 11 is 0. The molecule has 9 aromatic rings. The van der Waals surface area contributed by atoms with Gasteiger partial charge in [-0.15, -0.1) is 0 Å². The Balaban J connectivity index is 0.987. The van der Waals surface area contributed by atoms with E-state index in [-0.39, 0.29) is 12.0 Å². The van der Waals surface area contributed by atoms with Crippen molar-refractivity contribution in [3.63, 3.8) is 0 Å². The molecule has 0 spiro atoms. The van der Waals surface area contributed by atoms with Crippen molar-refractivity contribution < 1.29 is 4.42 Å². The predicted molar refractivity (Wildman–Crippen MR) is 228 cm³/mol. The van der Waals surface area contributed by atoms with Crippen molar-refractivity contribution in [1.29, 1.82) is 0 Å². The number of benzene rings is 7. The van der Waals surface area contributed by atoms with Crippen LogP contribution in [0.1, 0.15) is 17.0 Å². The molecule has 56 heavy (non-hydrogen) atoms. The van der Waals surface area contributed by atoms with Gasteiger partial charge in [0.25, 0.3) is 0 Å². The molecule has 2 aliphatic rings. The van der Waals surface area contributed by atoms with Gasteiger partial charge >= 0.3 is 0 Å². The summed E-state index contributed by atoms with van der Waals surface area (Å²) in [6.07, 6.45) is 7.07. The van der Waals surface area contributed by atoms with E-state index in [9.17, 15) is 0 Å². The van der Waals surface area contributed by atoms with Gasteiger partial charge in [0.1, 0.15) is 11.2 Å². The van der Waals surface area contributed by atoms with Gasteiger partial charge in [0.2, 0.25) is 0 Å². The van der Waals surface area contributed by atoms with Gasteiger partial charge in [-0.05, 0) is 58.2 Å². The average molecular weight is 719 g/mol. The van der Waals surface area contributed by atoms with Gasteiger partial charge in [-0.3, -0.25) is 0 Å². The van der Waals surface area contributed by atoms with Gasteiger partial charge in [-0.2, -0.15) is 0 Å². The molecule has 0 fully saturated rings. The van der Waals surface area contributed by atoms with Gasteiger partial charge < -0.3 is 9.32 Å². The molecule has 2 unspecified atom stereocenters. The summed E-state index contributed by atoms with van der Waals surface area (Å²) in [5.74, 6) is 2.15. The molecule has 1 aliphatic carbocycles. The van der Waals surface area contributed by atoms with E-state index in [1.165, 1.54) is 22.4 Å². The highest BCUT2D eigenvalue weighted by molar-refractivity contribution is 6.13. The van der Waals surface area contributed by atoms with Crippen molar-refractivity contribution in [1.82, 2.24) is 15.0 Å². The van der Waals surface area contributed by atoms with Crippen LogP contribution in [-0.4, -0.2) is 21.0 Å². The van der Waals surface area contributed by atoms with Crippen molar-refractivity contribution in [3.8, 4) is 45.3 Å². The average Bonchev–Trinajstić information content (AvgIpc) is 3.82. The zero-order valence-corrected chi connectivity index (χ0v) is 30.3. The monoisotopic (exact) mass is 718 g/mol. The number of rotatable bonds is 6. The number of hydrogen-bond acceptors (Lipinski definition) is 5. The smallest absolute Gasteiger partial charge is 0.164 e. The summed E-state index contributed by atoms with van der Waals surface area (Å²) in [5.41, 5.74) is 12.9. The lowest BCUT2D eigenvalue weighted by atomic mass is 9.86. The number of para-hydroxylation sites is 1. The summed E-state index contributed by atoms with van der Waals surface area (Å²) < 4.78 is 6.67. The Labute approximate surface area is 324 Å². The van der Waals surface area contributed by atoms with Crippen LogP contribution in [0.4, 0.5) is 11.4 Å². The molecule has 0 saturated heterocycles. The fourth-order valence-electron chi connectivity index (χ4n) is 8.44. The molecule has 11 rings (SSSR count). The molecule has 2 aromatic heterocycles. The SMILES string of the molecule is C1=CC2C(C=C1c1ccccc1)c1ccccc1N2c1ccc2c(c1)oc1cccc(-c3cccc(-c4nc(-c5ccccc5)nc(-c5ccccc5)n4)c3)c12. The molecule has 264 valence electrons. The Kier molecular flexibility index (Phi) is 7.56. The standard InChI is InChI=1S/C51H34N4O/c1-4-14-33(15-5-1)36-26-29-45-43(31-36)41-22-10-11-24-44(41)55(45)39-27-28-42-47(32-39)56-46-25-13-23-40(48(42)46)37-20-12-21-38(30-37)51-53-49(34-16-6-2-7-17-34)52-50(54-51)35-18-8-3-9-19-35/h1-32,43,45H. The van der Waals surface area contributed by atoms with Crippen LogP contribution in [0, 0.1) is 0 Å². The van der Waals surface area contributed by atoms with Gasteiger partial charge in [0.05, 0.1) is 6.04 Å². The second-order valence-corrected chi connectivity index (χ2v) is 14.4. The summed E-state index contributed by atoms with van der Waals surface area (Å²) in [6.45, 7) is 0. The van der Waals surface area contributed by atoms with E-state index in [1.807, 2.05) is 60.7 Å². The first-order valence-corrected chi connectivity index (χ1v) is 19.0. The van der Waals surface area contributed by atoms with Crippen LogP contribution in [0.25, 0.3) is 72.8 Å². The van der Waals surface area contributed by atoms with Crippen molar-refractivity contribution in [2.24, 2.45) is 0 Å². The van der Waals surface area contributed by atoms with E-state index in [0.717, 1.165) is 55.4 Å². The number of furan rings is 1. The Bertz CT molecular complexity index is 2930. The Hall–Kier alpha value is -7.37. The maximum atomic E-state index is 6.67. The van der Waals surface area contributed by atoms with Crippen LogP contribution < -0.4 is 4.90 Å². The van der Waals surface area contributed by atoms with Crippen molar-refractivity contribution in [2.45, 2.75) is 12.0 Å². The van der Waals surface area contributed by atoms with Gasteiger partial charge in [-0.1, -0.05) is 158 Å². The van der Waals surface area contributed by atoms with E-state index >= 15 is 0 Å². The lowest BCUT2D eigenvalue weighted by Gasteiger charge is -2.29. The molecule has 0 amide bonds. The number of nitrogens with zero attached hydrogens (tertiary/aromatic N) is 4.